The van der Waals surface area contributed by atoms with Crippen LogP contribution in [-0.4, -0.2) is 18.0 Å². The minimum absolute atomic E-state index is 0.250. The molecule has 0 atom stereocenters. The fraction of sp³-hybridized carbons (Fsp3) is 0.917. The Bertz CT molecular complexity index is 92.3. The molecule has 0 rings (SSSR count). The molecule has 86 valence electrons. The van der Waals surface area contributed by atoms with Gasteiger partial charge in [-0.05, 0) is 13.3 Å². The normalized spacial score (nSPS) is 9.07. The number of hydrogen-bond donors (Lipinski definition) is 1. The lowest BCUT2D eigenvalue weighted by molar-refractivity contribution is -0.107. The van der Waals surface area contributed by atoms with E-state index in [1.165, 1.54) is 38.5 Å². The van der Waals surface area contributed by atoms with Gasteiger partial charge < -0.3 is 9.90 Å². The molecule has 0 radical (unpaired) electrons. The lowest BCUT2D eigenvalue weighted by atomic mass is 10.1. The van der Waals surface area contributed by atoms with E-state index in [0.717, 1.165) is 19.1 Å². The summed E-state index contributed by atoms with van der Waals surface area (Å²) in [6.07, 6.45) is 10.8. The number of rotatable bonds is 8. The zero-order chi connectivity index (χ0) is 11.1. The van der Waals surface area contributed by atoms with Crippen molar-refractivity contribution in [3.8, 4) is 0 Å². The molecular weight excluding hydrogens is 176 g/mol. The molecule has 0 saturated carbocycles. The molecule has 0 aliphatic carbocycles. The van der Waals surface area contributed by atoms with E-state index in [4.69, 9.17) is 5.11 Å². The largest absolute Gasteiger partial charge is 0.397 e. The quantitative estimate of drug-likeness (QED) is 0.484. The number of aliphatic hydroxyl groups is 1. The molecular formula is C12H26O2. The fourth-order valence-corrected chi connectivity index (χ4v) is 1.18. The molecule has 0 unspecified atom stereocenters. The van der Waals surface area contributed by atoms with Crippen LogP contribution in [0.4, 0.5) is 0 Å². The monoisotopic (exact) mass is 202 g/mol. The van der Waals surface area contributed by atoms with Crippen LogP contribution < -0.4 is 0 Å². The number of aliphatic hydroxyl groups excluding tert-OH is 1. The molecule has 0 aliphatic rings. The van der Waals surface area contributed by atoms with Gasteiger partial charge in [0.1, 0.15) is 6.29 Å². The van der Waals surface area contributed by atoms with Crippen LogP contribution in [0, 0.1) is 0 Å². The summed E-state index contributed by atoms with van der Waals surface area (Å²) in [6, 6.07) is 0. The highest BCUT2D eigenvalue weighted by Crippen LogP contribution is 2.07. The predicted octanol–water partition coefficient (Wildman–Crippen LogP) is 3.32. The fourth-order valence-electron chi connectivity index (χ4n) is 1.18. The van der Waals surface area contributed by atoms with Gasteiger partial charge in [-0.1, -0.05) is 45.4 Å². The van der Waals surface area contributed by atoms with Gasteiger partial charge in [-0.2, -0.15) is 0 Å². The molecule has 1 N–H and O–H groups in total. The summed E-state index contributed by atoms with van der Waals surface area (Å²) in [5.74, 6) is 0. The summed E-state index contributed by atoms with van der Waals surface area (Å²) in [4.78, 5) is 9.94. The number of unbranched alkanes of at least 4 members (excludes halogenated alkanes) is 7. The number of aldehydes is 1. The standard InChI is InChI=1S/C10H20O.C2H6O/c1-2-3-4-5-6-7-8-9-10-11;1-2-3/h10H,2-9H2,1H3;3H,2H2,1H3. The molecule has 0 fully saturated rings. The molecule has 2 heteroatoms. The van der Waals surface area contributed by atoms with Crippen LogP contribution in [0.5, 0.6) is 0 Å². The van der Waals surface area contributed by atoms with Crippen molar-refractivity contribution >= 4 is 6.29 Å². The first kappa shape index (κ1) is 16.1. The Morgan fingerprint density at radius 3 is 1.79 bits per heavy atom. The maximum atomic E-state index is 9.94. The van der Waals surface area contributed by atoms with Crippen molar-refractivity contribution in [2.45, 2.75) is 65.2 Å². The van der Waals surface area contributed by atoms with Crippen molar-refractivity contribution in [3.63, 3.8) is 0 Å². The minimum atomic E-state index is 0.250. The lowest BCUT2D eigenvalue weighted by Gasteiger charge is -1.97. The molecule has 0 aromatic rings. The van der Waals surface area contributed by atoms with Crippen molar-refractivity contribution in [2.24, 2.45) is 0 Å². The molecule has 0 aromatic carbocycles. The molecule has 0 amide bonds. The number of carbonyl (C=O) groups excluding carboxylic acids is 1. The van der Waals surface area contributed by atoms with Crippen LogP contribution in [0.2, 0.25) is 0 Å². The van der Waals surface area contributed by atoms with E-state index in [9.17, 15) is 4.79 Å². The summed E-state index contributed by atoms with van der Waals surface area (Å²) in [6.45, 7) is 4.16. The summed E-state index contributed by atoms with van der Waals surface area (Å²) in [5, 5.41) is 7.57. The van der Waals surface area contributed by atoms with Crippen molar-refractivity contribution in [3.05, 3.63) is 0 Å². The predicted molar refractivity (Wildman–Crippen MR) is 61.4 cm³/mol. The molecule has 0 aliphatic heterocycles. The summed E-state index contributed by atoms with van der Waals surface area (Å²) in [5.41, 5.74) is 0. The van der Waals surface area contributed by atoms with E-state index < -0.39 is 0 Å². The van der Waals surface area contributed by atoms with Crippen LogP contribution in [0.15, 0.2) is 0 Å². The Balaban J connectivity index is 0. The van der Waals surface area contributed by atoms with Crippen LogP contribution >= 0.6 is 0 Å². The minimum Gasteiger partial charge on any atom is -0.397 e. The van der Waals surface area contributed by atoms with Crippen molar-refractivity contribution in [2.75, 3.05) is 6.61 Å². The average molecular weight is 202 g/mol. The van der Waals surface area contributed by atoms with Gasteiger partial charge in [0.15, 0.2) is 0 Å². The Morgan fingerprint density at radius 2 is 1.36 bits per heavy atom. The highest BCUT2D eigenvalue weighted by Gasteiger charge is 1.89. The van der Waals surface area contributed by atoms with E-state index >= 15 is 0 Å². The first-order chi connectivity index (χ1) is 6.83. The van der Waals surface area contributed by atoms with Crippen LogP contribution in [0.1, 0.15) is 65.2 Å². The molecule has 0 spiro atoms. The average Bonchev–Trinajstić information content (AvgIpc) is 2.18. The third-order valence-electron chi connectivity index (χ3n) is 1.93. The van der Waals surface area contributed by atoms with E-state index in [-0.39, 0.29) is 6.61 Å². The second-order valence-corrected chi connectivity index (χ2v) is 3.39. The third-order valence-corrected chi connectivity index (χ3v) is 1.93. The summed E-state index contributed by atoms with van der Waals surface area (Å²) in [7, 11) is 0. The highest BCUT2D eigenvalue weighted by molar-refractivity contribution is 5.48. The van der Waals surface area contributed by atoms with E-state index in [1.54, 1.807) is 6.92 Å². The molecule has 0 heterocycles. The van der Waals surface area contributed by atoms with Crippen LogP contribution in [-0.2, 0) is 4.79 Å². The van der Waals surface area contributed by atoms with Gasteiger partial charge in [0, 0.05) is 13.0 Å². The Morgan fingerprint density at radius 1 is 0.929 bits per heavy atom. The number of hydrogen-bond acceptors (Lipinski definition) is 2. The second kappa shape index (κ2) is 18.4. The smallest absolute Gasteiger partial charge is 0.119 e. The Hall–Kier alpha value is -0.370. The molecule has 2 nitrogen and oxygen atoms in total. The summed E-state index contributed by atoms with van der Waals surface area (Å²) < 4.78 is 0. The topological polar surface area (TPSA) is 37.3 Å². The lowest BCUT2D eigenvalue weighted by Crippen LogP contribution is -1.80. The number of carbonyl (C=O) groups is 1. The van der Waals surface area contributed by atoms with Gasteiger partial charge in [0.25, 0.3) is 0 Å². The van der Waals surface area contributed by atoms with Crippen molar-refractivity contribution < 1.29 is 9.90 Å². The second-order valence-electron chi connectivity index (χ2n) is 3.39. The first-order valence-electron chi connectivity index (χ1n) is 5.87. The van der Waals surface area contributed by atoms with Gasteiger partial charge >= 0.3 is 0 Å². The van der Waals surface area contributed by atoms with Gasteiger partial charge in [-0.3, -0.25) is 0 Å². The maximum absolute atomic E-state index is 9.94. The van der Waals surface area contributed by atoms with Gasteiger partial charge in [-0.25, -0.2) is 0 Å². The third kappa shape index (κ3) is 22.6. The van der Waals surface area contributed by atoms with Crippen molar-refractivity contribution in [1.82, 2.24) is 0 Å². The highest BCUT2D eigenvalue weighted by atomic mass is 16.2. The van der Waals surface area contributed by atoms with E-state index in [2.05, 4.69) is 6.92 Å². The van der Waals surface area contributed by atoms with E-state index in [0.29, 0.717) is 0 Å². The summed E-state index contributed by atoms with van der Waals surface area (Å²) >= 11 is 0. The van der Waals surface area contributed by atoms with Crippen molar-refractivity contribution in [1.29, 1.82) is 0 Å². The van der Waals surface area contributed by atoms with Crippen LogP contribution in [0.3, 0.4) is 0 Å². The Kier molecular flexibility index (Phi) is 21.2. The van der Waals surface area contributed by atoms with Gasteiger partial charge in [0.2, 0.25) is 0 Å². The molecule has 0 saturated heterocycles. The first-order valence-corrected chi connectivity index (χ1v) is 5.87. The molecule has 0 bridgehead atoms. The van der Waals surface area contributed by atoms with Gasteiger partial charge in [-0.15, -0.1) is 0 Å². The van der Waals surface area contributed by atoms with Crippen LogP contribution in [0.25, 0.3) is 0 Å². The van der Waals surface area contributed by atoms with Gasteiger partial charge in [0.05, 0.1) is 0 Å². The molecule has 14 heavy (non-hydrogen) atoms. The van der Waals surface area contributed by atoms with E-state index in [1.807, 2.05) is 0 Å². The zero-order valence-electron chi connectivity index (χ0n) is 9.80. The maximum Gasteiger partial charge on any atom is 0.119 e. The zero-order valence-corrected chi connectivity index (χ0v) is 9.80. The molecule has 0 aromatic heterocycles. The SMILES string of the molecule is CCCCCCCCCC=O.CCO. The Labute approximate surface area is 88.7 Å².